The molecule has 0 fully saturated rings. The molecule has 0 spiro atoms. The van der Waals surface area contributed by atoms with Gasteiger partial charge in [0.2, 0.25) is 0 Å². The molecule has 0 atom stereocenters. The molecule has 1 aliphatic rings. The predicted octanol–water partition coefficient (Wildman–Crippen LogP) is 1.80. The lowest BCUT2D eigenvalue weighted by Crippen LogP contribution is -2.30. The minimum Gasteiger partial charge on any atom is -0.497 e. The molecule has 0 N–H and O–H groups in total. The van der Waals surface area contributed by atoms with Crippen LogP contribution in [-0.2, 0) is 4.79 Å². The van der Waals surface area contributed by atoms with Gasteiger partial charge >= 0.3 is 0 Å². The van der Waals surface area contributed by atoms with Crippen molar-refractivity contribution in [2.75, 3.05) is 18.6 Å². The van der Waals surface area contributed by atoms with Crippen LogP contribution in [-0.4, -0.2) is 25.3 Å². The molecule has 88 valence electrons. The van der Waals surface area contributed by atoms with Gasteiger partial charge in [0.15, 0.2) is 0 Å². The van der Waals surface area contributed by atoms with Crippen molar-refractivity contribution in [2.45, 2.75) is 6.42 Å². The van der Waals surface area contributed by atoms with Crippen molar-refractivity contribution >= 4 is 17.4 Å². The third-order valence-electron chi connectivity index (χ3n) is 2.74. The lowest BCUT2D eigenvalue weighted by atomic mass is 10.1. The Morgan fingerprint density at radius 2 is 2.18 bits per heavy atom. The smallest absolute Gasteiger partial charge is 0.299 e. The Morgan fingerprint density at radius 1 is 1.41 bits per heavy atom. The Labute approximate surface area is 99.5 Å². The molecule has 1 amide bonds. The number of carbonyl (C=O) groups is 2. The number of fused-ring (bicyclic) bond motifs is 1. The molecule has 0 aromatic heterocycles. The Kier molecular flexibility index (Phi) is 2.95. The molecular formula is C13H13NO3. The Bertz CT molecular complexity index is 493. The fraction of sp³-hybridized carbons (Fsp3) is 0.231. The quantitative estimate of drug-likeness (QED) is 0.586. The zero-order chi connectivity index (χ0) is 12.4. The number of nitrogens with zero attached hydrogens (tertiary/aromatic N) is 1. The van der Waals surface area contributed by atoms with Crippen LogP contribution in [0.5, 0.6) is 5.75 Å². The van der Waals surface area contributed by atoms with E-state index < -0.39 is 11.7 Å². The van der Waals surface area contributed by atoms with E-state index in [9.17, 15) is 9.59 Å². The van der Waals surface area contributed by atoms with Gasteiger partial charge in [0.05, 0.1) is 18.4 Å². The fourth-order valence-corrected chi connectivity index (χ4v) is 1.84. The summed E-state index contributed by atoms with van der Waals surface area (Å²) < 4.78 is 5.09. The maximum atomic E-state index is 11.8. The van der Waals surface area contributed by atoms with E-state index in [1.54, 1.807) is 31.4 Å². The van der Waals surface area contributed by atoms with Gasteiger partial charge in [-0.25, -0.2) is 0 Å². The Hall–Kier alpha value is -2.10. The predicted molar refractivity (Wildman–Crippen MR) is 64.5 cm³/mol. The number of amides is 1. The van der Waals surface area contributed by atoms with Gasteiger partial charge in [0.1, 0.15) is 5.75 Å². The van der Waals surface area contributed by atoms with Gasteiger partial charge in [-0.3, -0.25) is 9.59 Å². The standard InChI is InChI=1S/C13H13NO3/c1-3-4-7-14-11-8-9(17-2)5-6-10(11)12(15)13(14)16/h3,5-6,8H,1,4,7H2,2H3. The van der Waals surface area contributed by atoms with Gasteiger partial charge in [-0.05, 0) is 18.6 Å². The second-order valence-electron chi connectivity index (χ2n) is 3.75. The van der Waals surface area contributed by atoms with Crippen LogP contribution in [0.3, 0.4) is 0 Å². The van der Waals surface area contributed by atoms with Crippen LogP contribution in [0.1, 0.15) is 16.8 Å². The molecule has 17 heavy (non-hydrogen) atoms. The van der Waals surface area contributed by atoms with Gasteiger partial charge in [0.25, 0.3) is 11.7 Å². The molecule has 0 saturated carbocycles. The maximum Gasteiger partial charge on any atom is 0.299 e. The molecule has 0 radical (unpaired) electrons. The summed E-state index contributed by atoms with van der Waals surface area (Å²) in [6.07, 6.45) is 2.37. The highest BCUT2D eigenvalue weighted by atomic mass is 16.5. The van der Waals surface area contributed by atoms with Gasteiger partial charge in [-0.1, -0.05) is 6.08 Å². The van der Waals surface area contributed by atoms with Crippen LogP contribution in [0.2, 0.25) is 0 Å². The normalized spacial score (nSPS) is 13.8. The average molecular weight is 231 g/mol. The molecule has 0 unspecified atom stereocenters. The molecule has 4 heteroatoms. The van der Waals surface area contributed by atoms with Gasteiger partial charge < -0.3 is 9.64 Å². The minimum atomic E-state index is -0.477. The van der Waals surface area contributed by atoms with Gasteiger partial charge in [-0.2, -0.15) is 0 Å². The molecule has 0 bridgehead atoms. The lowest BCUT2D eigenvalue weighted by molar-refractivity contribution is -0.114. The van der Waals surface area contributed by atoms with E-state index in [1.807, 2.05) is 0 Å². The number of anilines is 1. The van der Waals surface area contributed by atoms with Gasteiger partial charge in [-0.15, -0.1) is 6.58 Å². The number of hydrogen-bond donors (Lipinski definition) is 0. The summed E-state index contributed by atoms with van der Waals surface area (Å²) in [6.45, 7) is 4.07. The summed E-state index contributed by atoms with van der Waals surface area (Å²) in [6, 6.07) is 5.02. The molecular weight excluding hydrogens is 218 g/mol. The van der Waals surface area contributed by atoms with Crippen LogP contribution in [0.15, 0.2) is 30.9 Å². The first-order chi connectivity index (χ1) is 8.19. The largest absolute Gasteiger partial charge is 0.497 e. The highest BCUT2D eigenvalue weighted by Gasteiger charge is 2.35. The van der Waals surface area contributed by atoms with Crippen molar-refractivity contribution in [2.24, 2.45) is 0 Å². The van der Waals surface area contributed by atoms with E-state index in [-0.39, 0.29) is 0 Å². The van der Waals surface area contributed by atoms with E-state index in [0.717, 1.165) is 0 Å². The molecule has 1 aliphatic heterocycles. The first kappa shape index (κ1) is 11.4. The number of Topliss-reactive ketones (excluding diaryl/α,β-unsaturated/α-hetero) is 1. The first-order valence-corrected chi connectivity index (χ1v) is 5.34. The summed E-state index contributed by atoms with van der Waals surface area (Å²) in [7, 11) is 1.55. The van der Waals surface area contributed by atoms with Crippen LogP contribution in [0.25, 0.3) is 0 Å². The average Bonchev–Trinajstić information content (AvgIpc) is 2.59. The lowest BCUT2D eigenvalue weighted by Gasteiger charge is -2.15. The second kappa shape index (κ2) is 4.41. The highest BCUT2D eigenvalue weighted by molar-refractivity contribution is 6.52. The topological polar surface area (TPSA) is 46.6 Å². The molecule has 0 aliphatic carbocycles. The third-order valence-corrected chi connectivity index (χ3v) is 2.74. The number of carbonyl (C=O) groups excluding carboxylic acids is 2. The fourth-order valence-electron chi connectivity index (χ4n) is 1.84. The molecule has 2 rings (SSSR count). The van der Waals surface area contributed by atoms with E-state index in [0.29, 0.717) is 30.0 Å². The summed E-state index contributed by atoms with van der Waals surface area (Å²) >= 11 is 0. The molecule has 1 aromatic carbocycles. The SMILES string of the molecule is C=CCCN1C(=O)C(=O)c2ccc(OC)cc21. The molecule has 1 heterocycles. The van der Waals surface area contributed by atoms with Crippen LogP contribution in [0.4, 0.5) is 5.69 Å². The Balaban J connectivity index is 2.41. The summed E-state index contributed by atoms with van der Waals surface area (Å²) in [5.41, 5.74) is 1.07. The Morgan fingerprint density at radius 3 is 2.82 bits per heavy atom. The molecule has 4 nitrogen and oxygen atoms in total. The van der Waals surface area contributed by atoms with Crippen molar-refractivity contribution in [3.63, 3.8) is 0 Å². The maximum absolute atomic E-state index is 11.8. The number of methoxy groups -OCH3 is 1. The van der Waals surface area contributed by atoms with Crippen molar-refractivity contribution in [1.29, 1.82) is 0 Å². The molecule has 0 saturated heterocycles. The minimum absolute atomic E-state index is 0.444. The number of ether oxygens (including phenoxy) is 1. The second-order valence-corrected chi connectivity index (χ2v) is 3.75. The number of hydrogen-bond acceptors (Lipinski definition) is 3. The van der Waals surface area contributed by atoms with Crippen LogP contribution < -0.4 is 9.64 Å². The van der Waals surface area contributed by atoms with Crippen molar-refractivity contribution < 1.29 is 14.3 Å². The van der Waals surface area contributed by atoms with E-state index in [1.165, 1.54) is 4.90 Å². The van der Waals surface area contributed by atoms with E-state index in [4.69, 9.17) is 4.74 Å². The van der Waals surface area contributed by atoms with E-state index >= 15 is 0 Å². The molecule has 1 aromatic rings. The monoisotopic (exact) mass is 231 g/mol. The summed E-state index contributed by atoms with van der Waals surface area (Å²) in [4.78, 5) is 25.0. The number of rotatable bonds is 4. The van der Waals surface area contributed by atoms with Crippen LogP contribution in [0, 0.1) is 0 Å². The highest BCUT2D eigenvalue weighted by Crippen LogP contribution is 2.32. The zero-order valence-electron chi connectivity index (χ0n) is 9.60. The number of ketones is 1. The van der Waals surface area contributed by atoms with Crippen molar-refractivity contribution in [3.8, 4) is 5.75 Å². The van der Waals surface area contributed by atoms with Crippen molar-refractivity contribution in [1.82, 2.24) is 0 Å². The zero-order valence-corrected chi connectivity index (χ0v) is 9.60. The van der Waals surface area contributed by atoms with Gasteiger partial charge in [0, 0.05) is 12.6 Å². The summed E-state index contributed by atoms with van der Waals surface area (Å²) in [5.74, 6) is -0.295. The number of benzene rings is 1. The van der Waals surface area contributed by atoms with Crippen molar-refractivity contribution in [3.05, 3.63) is 36.4 Å². The first-order valence-electron chi connectivity index (χ1n) is 5.34. The summed E-state index contributed by atoms with van der Waals surface area (Å²) in [5, 5.41) is 0. The van der Waals surface area contributed by atoms with E-state index in [2.05, 4.69) is 6.58 Å². The van der Waals surface area contributed by atoms with Crippen LogP contribution >= 0.6 is 0 Å². The third kappa shape index (κ3) is 1.82.